The lowest BCUT2D eigenvalue weighted by Gasteiger charge is -2.28. The Bertz CT molecular complexity index is 424. The Labute approximate surface area is 110 Å². The van der Waals surface area contributed by atoms with Gasteiger partial charge in [0.25, 0.3) is 0 Å². The fourth-order valence-corrected chi connectivity index (χ4v) is 2.70. The maximum absolute atomic E-state index is 4.64. The Kier molecular flexibility index (Phi) is 3.60. The van der Waals surface area contributed by atoms with Crippen molar-refractivity contribution in [3.05, 3.63) is 17.6 Å². The molecule has 2 rings (SSSR count). The molecular formula is C15H25N3. The molecule has 1 saturated carbocycles. The zero-order valence-corrected chi connectivity index (χ0v) is 12.2. The average Bonchev–Trinajstić information content (AvgIpc) is 2.57. The van der Waals surface area contributed by atoms with Crippen LogP contribution in [-0.2, 0) is 0 Å². The fraction of sp³-hybridized carbons (Fsp3) is 0.733. The van der Waals surface area contributed by atoms with E-state index in [-0.39, 0.29) is 0 Å². The molecule has 1 heterocycles. The molecule has 0 bridgehead atoms. The van der Waals surface area contributed by atoms with Crippen LogP contribution in [0.1, 0.15) is 64.4 Å². The van der Waals surface area contributed by atoms with Crippen molar-refractivity contribution in [3.63, 3.8) is 0 Å². The molecular weight excluding hydrogens is 222 g/mol. The summed E-state index contributed by atoms with van der Waals surface area (Å²) in [6, 6.07) is 2.59. The van der Waals surface area contributed by atoms with Crippen molar-refractivity contribution in [2.45, 2.75) is 65.8 Å². The molecule has 1 fully saturated rings. The van der Waals surface area contributed by atoms with Gasteiger partial charge in [0.2, 0.25) is 0 Å². The van der Waals surface area contributed by atoms with Crippen molar-refractivity contribution in [2.24, 2.45) is 5.41 Å². The van der Waals surface area contributed by atoms with E-state index in [4.69, 9.17) is 0 Å². The van der Waals surface area contributed by atoms with Crippen LogP contribution in [0.15, 0.2) is 6.07 Å². The van der Waals surface area contributed by atoms with E-state index < -0.39 is 0 Å². The van der Waals surface area contributed by atoms with Crippen LogP contribution in [0.25, 0.3) is 0 Å². The van der Waals surface area contributed by atoms with Gasteiger partial charge in [-0.1, -0.05) is 34.1 Å². The zero-order valence-electron chi connectivity index (χ0n) is 12.2. The summed E-state index contributed by atoms with van der Waals surface area (Å²) in [5.74, 6) is 2.31. The maximum atomic E-state index is 4.64. The van der Waals surface area contributed by atoms with Gasteiger partial charge in [0.1, 0.15) is 11.6 Å². The third kappa shape index (κ3) is 2.82. The Balaban J connectivity index is 2.19. The van der Waals surface area contributed by atoms with Crippen LogP contribution < -0.4 is 5.32 Å². The molecule has 0 saturated heterocycles. The predicted molar refractivity (Wildman–Crippen MR) is 75.9 cm³/mol. The summed E-state index contributed by atoms with van der Waals surface area (Å²) >= 11 is 0. The third-order valence-electron chi connectivity index (χ3n) is 3.97. The molecule has 1 aromatic heterocycles. The SMILES string of the molecule is Cc1cc(NC2CCCC2(C)C)nc(C(C)C)n1. The van der Waals surface area contributed by atoms with Gasteiger partial charge in [-0.2, -0.15) is 0 Å². The standard InChI is InChI=1S/C15H25N3/c1-10(2)14-16-11(3)9-13(18-14)17-12-7-6-8-15(12,4)5/h9-10,12H,6-8H2,1-5H3,(H,16,17,18). The first-order chi connectivity index (χ1) is 8.38. The summed E-state index contributed by atoms with van der Waals surface area (Å²) in [7, 11) is 0. The highest BCUT2D eigenvalue weighted by molar-refractivity contribution is 5.38. The Morgan fingerprint density at radius 1 is 1.33 bits per heavy atom. The van der Waals surface area contributed by atoms with Crippen molar-refractivity contribution in [1.29, 1.82) is 0 Å². The number of aryl methyl sites for hydroxylation is 1. The van der Waals surface area contributed by atoms with Crippen molar-refractivity contribution >= 4 is 5.82 Å². The molecule has 1 aliphatic carbocycles. The van der Waals surface area contributed by atoms with Crippen LogP contribution in [0, 0.1) is 12.3 Å². The summed E-state index contributed by atoms with van der Waals surface area (Å²) in [6.45, 7) is 11.0. The monoisotopic (exact) mass is 247 g/mol. The molecule has 1 unspecified atom stereocenters. The lowest BCUT2D eigenvalue weighted by atomic mass is 9.87. The van der Waals surface area contributed by atoms with E-state index >= 15 is 0 Å². The second kappa shape index (κ2) is 4.87. The summed E-state index contributed by atoms with van der Waals surface area (Å²) in [5, 5.41) is 3.62. The normalized spacial score (nSPS) is 22.4. The van der Waals surface area contributed by atoms with Crippen LogP contribution in [0.3, 0.4) is 0 Å². The molecule has 0 aromatic carbocycles. The van der Waals surface area contributed by atoms with E-state index in [1.54, 1.807) is 0 Å². The number of nitrogens with one attached hydrogen (secondary N) is 1. The van der Waals surface area contributed by atoms with Gasteiger partial charge in [0, 0.05) is 23.7 Å². The molecule has 3 nitrogen and oxygen atoms in total. The number of hydrogen-bond acceptors (Lipinski definition) is 3. The molecule has 0 radical (unpaired) electrons. The Morgan fingerprint density at radius 3 is 2.61 bits per heavy atom. The predicted octanol–water partition coefficient (Wildman–Crippen LogP) is 3.90. The highest BCUT2D eigenvalue weighted by atomic mass is 15.1. The molecule has 0 aliphatic heterocycles. The van der Waals surface area contributed by atoms with E-state index in [2.05, 4.69) is 49.0 Å². The lowest BCUT2D eigenvalue weighted by molar-refractivity contribution is 0.349. The lowest BCUT2D eigenvalue weighted by Crippen LogP contribution is -2.31. The molecule has 18 heavy (non-hydrogen) atoms. The topological polar surface area (TPSA) is 37.8 Å². The highest BCUT2D eigenvalue weighted by Gasteiger charge is 2.34. The number of hydrogen-bond donors (Lipinski definition) is 1. The number of anilines is 1. The van der Waals surface area contributed by atoms with E-state index in [0.717, 1.165) is 17.3 Å². The molecule has 1 atom stereocenters. The smallest absolute Gasteiger partial charge is 0.133 e. The number of rotatable bonds is 3. The first kappa shape index (κ1) is 13.3. The van der Waals surface area contributed by atoms with Crippen LogP contribution in [-0.4, -0.2) is 16.0 Å². The van der Waals surface area contributed by atoms with Crippen molar-refractivity contribution < 1.29 is 0 Å². The first-order valence-electron chi connectivity index (χ1n) is 7.00. The Morgan fingerprint density at radius 2 is 2.06 bits per heavy atom. The second-order valence-corrected chi connectivity index (χ2v) is 6.49. The largest absolute Gasteiger partial charge is 0.367 e. The first-order valence-corrected chi connectivity index (χ1v) is 7.00. The van der Waals surface area contributed by atoms with Gasteiger partial charge in [-0.3, -0.25) is 0 Å². The van der Waals surface area contributed by atoms with Gasteiger partial charge in [-0.05, 0) is 25.2 Å². The van der Waals surface area contributed by atoms with Gasteiger partial charge in [0.15, 0.2) is 0 Å². The number of aromatic nitrogens is 2. The molecule has 1 aliphatic rings. The fourth-order valence-electron chi connectivity index (χ4n) is 2.70. The molecule has 3 heteroatoms. The quantitative estimate of drug-likeness (QED) is 0.880. The van der Waals surface area contributed by atoms with E-state index in [1.807, 2.05) is 6.92 Å². The van der Waals surface area contributed by atoms with Gasteiger partial charge in [-0.25, -0.2) is 9.97 Å². The highest BCUT2D eigenvalue weighted by Crippen LogP contribution is 2.38. The van der Waals surface area contributed by atoms with E-state index in [0.29, 0.717) is 17.4 Å². The van der Waals surface area contributed by atoms with Gasteiger partial charge in [0.05, 0.1) is 0 Å². The van der Waals surface area contributed by atoms with Crippen LogP contribution in [0.4, 0.5) is 5.82 Å². The molecule has 100 valence electrons. The molecule has 0 amide bonds. The van der Waals surface area contributed by atoms with Crippen molar-refractivity contribution in [3.8, 4) is 0 Å². The van der Waals surface area contributed by atoms with Gasteiger partial charge < -0.3 is 5.32 Å². The second-order valence-electron chi connectivity index (χ2n) is 6.49. The number of nitrogens with zero attached hydrogens (tertiary/aromatic N) is 2. The minimum absolute atomic E-state index is 0.372. The molecule has 1 aromatic rings. The summed E-state index contributed by atoms with van der Waals surface area (Å²) in [4.78, 5) is 9.13. The van der Waals surface area contributed by atoms with Crippen LogP contribution in [0.5, 0.6) is 0 Å². The summed E-state index contributed by atoms with van der Waals surface area (Å²) in [5.41, 5.74) is 1.42. The summed E-state index contributed by atoms with van der Waals surface area (Å²) in [6.07, 6.45) is 3.85. The van der Waals surface area contributed by atoms with E-state index in [9.17, 15) is 0 Å². The van der Waals surface area contributed by atoms with Gasteiger partial charge >= 0.3 is 0 Å². The Hall–Kier alpha value is -1.12. The third-order valence-corrected chi connectivity index (χ3v) is 3.97. The minimum Gasteiger partial charge on any atom is -0.367 e. The molecule has 0 spiro atoms. The van der Waals surface area contributed by atoms with Gasteiger partial charge in [-0.15, -0.1) is 0 Å². The van der Waals surface area contributed by atoms with Crippen LogP contribution in [0.2, 0.25) is 0 Å². The van der Waals surface area contributed by atoms with Crippen LogP contribution >= 0.6 is 0 Å². The van der Waals surface area contributed by atoms with E-state index in [1.165, 1.54) is 19.3 Å². The average molecular weight is 247 g/mol. The molecule has 1 N–H and O–H groups in total. The van der Waals surface area contributed by atoms with Crippen molar-refractivity contribution in [1.82, 2.24) is 9.97 Å². The summed E-state index contributed by atoms with van der Waals surface area (Å²) < 4.78 is 0. The zero-order chi connectivity index (χ0) is 13.3. The minimum atomic E-state index is 0.372. The van der Waals surface area contributed by atoms with Crippen molar-refractivity contribution in [2.75, 3.05) is 5.32 Å². The maximum Gasteiger partial charge on any atom is 0.133 e.